The van der Waals surface area contributed by atoms with E-state index in [1.165, 1.54) is 24.3 Å². The van der Waals surface area contributed by atoms with Gasteiger partial charge < -0.3 is 10.0 Å². The van der Waals surface area contributed by atoms with E-state index in [9.17, 15) is 19.5 Å². The summed E-state index contributed by atoms with van der Waals surface area (Å²) in [6.07, 6.45) is 3.30. The van der Waals surface area contributed by atoms with E-state index in [0.717, 1.165) is 29.5 Å². The molecule has 0 atom stereocenters. The van der Waals surface area contributed by atoms with Gasteiger partial charge in [0.1, 0.15) is 12.3 Å². The van der Waals surface area contributed by atoms with Gasteiger partial charge in [0.2, 0.25) is 5.91 Å². The summed E-state index contributed by atoms with van der Waals surface area (Å²) in [4.78, 5) is 39.4. The number of phenols is 1. The van der Waals surface area contributed by atoms with Crippen LogP contribution in [0.15, 0.2) is 23.1 Å². The first-order valence-corrected chi connectivity index (χ1v) is 8.67. The second kappa shape index (κ2) is 6.86. The fourth-order valence-electron chi connectivity index (χ4n) is 2.62. The number of carbonyl (C=O) groups excluding carboxylic acids is 3. The molecule has 2 aliphatic heterocycles. The van der Waals surface area contributed by atoms with E-state index < -0.39 is 11.1 Å². The topological polar surface area (TPSA) is 77.9 Å². The number of nitrogens with zero attached hydrogens (tertiary/aromatic N) is 2. The number of rotatable bonds is 3. The summed E-state index contributed by atoms with van der Waals surface area (Å²) < 4.78 is 0. The third kappa shape index (κ3) is 3.42. The van der Waals surface area contributed by atoms with Crippen molar-refractivity contribution >= 4 is 46.5 Å². The minimum absolute atomic E-state index is 0.0423. The minimum atomic E-state index is -0.531. The summed E-state index contributed by atoms with van der Waals surface area (Å²) in [5.74, 6) is -0.794. The highest BCUT2D eigenvalue weighted by molar-refractivity contribution is 8.18. The first-order chi connectivity index (χ1) is 11.5. The second-order valence-corrected chi connectivity index (χ2v) is 6.99. The minimum Gasteiger partial charge on any atom is -0.507 e. The largest absolute Gasteiger partial charge is 0.507 e. The van der Waals surface area contributed by atoms with Crippen molar-refractivity contribution in [3.05, 3.63) is 33.7 Å². The molecule has 1 aromatic rings. The zero-order valence-electron chi connectivity index (χ0n) is 12.7. The third-order valence-corrected chi connectivity index (χ3v) is 5.04. The Balaban J connectivity index is 1.77. The van der Waals surface area contributed by atoms with E-state index in [1.54, 1.807) is 4.90 Å². The standard InChI is InChI=1S/C16H15ClN2O4S/c17-11-3-4-12(20)10(7-11)8-13-15(22)19(16(23)24-13)9-14(21)18-5-1-2-6-18/h3-4,7-8,20H,1-2,5-6,9H2/b13-8+. The van der Waals surface area contributed by atoms with Gasteiger partial charge in [-0.3, -0.25) is 19.3 Å². The molecule has 3 amide bonds. The van der Waals surface area contributed by atoms with Crippen LogP contribution in [0.3, 0.4) is 0 Å². The Kier molecular flexibility index (Phi) is 4.82. The summed E-state index contributed by atoms with van der Waals surface area (Å²) in [6.45, 7) is 1.09. The van der Waals surface area contributed by atoms with Gasteiger partial charge in [-0.05, 0) is 48.9 Å². The van der Waals surface area contributed by atoms with Crippen LogP contribution in [0.1, 0.15) is 18.4 Å². The highest BCUT2D eigenvalue weighted by Crippen LogP contribution is 2.34. The van der Waals surface area contributed by atoms with Crippen molar-refractivity contribution in [2.24, 2.45) is 0 Å². The number of benzene rings is 1. The molecule has 0 aliphatic carbocycles. The highest BCUT2D eigenvalue weighted by Gasteiger charge is 2.37. The van der Waals surface area contributed by atoms with Crippen LogP contribution >= 0.6 is 23.4 Å². The summed E-state index contributed by atoms with van der Waals surface area (Å²) >= 11 is 6.63. The first-order valence-electron chi connectivity index (χ1n) is 7.47. The van der Waals surface area contributed by atoms with Crippen molar-refractivity contribution < 1.29 is 19.5 Å². The quantitative estimate of drug-likeness (QED) is 0.832. The van der Waals surface area contributed by atoms with Gasteiger partial charge >= 0.3 is 0 Å². The van der Waals surface area contributed by atoms with Crippen LogP contribution in [0.5, 0.6) is 5.75 Å². The summed E-state index contributed by atoms with van der Waals surface area (Å²) in [5, 5.41) is 9.74. The average Bonchev–Trinajstić information content (AvgIpc) is 3.16. The van der Waals surface area contributed by atoms with E-state index in [0.29, 0.717) is 23.7 Å². The fourth-order valence-corrected chi connectivity index (χ4v) is 3.63. The van der Waals surface area contributed by atoms with Crippen molar-refractivity contribution in [2.45, 2.75) is 12.8 Å². The Hall–Kier alpha value is -1.99. The molecule has 6 nitrogen and oxygen atoms in total. The van der Waals surface area contributed by atoms with Crippen LogP contribution in [0.2, 0.25) is 5.02 Å². The zero-order valence-corrected chi connectivity index (χ0v) is 14.3. The van der Waals surface area contributed by atoms with E-state index in [-0.39, 0.29) is 23.1 Å². The predicted molar refractivity (Wildman–Crippen MR) is 91.6 cm³/mol. The molecule has 3 rings (SSSR count). The summed E-state index contributed by atoms with van der Waals surface area (Å²) in [6, 6.07) is 4.43. The van der Waals surface area contributed by atoms with Crippen molar-refractivity contribution in [3.8, 4) is 5.75 Å². The molecule has 0 aromatic heterocycles. The van der Waals surface area contributed by atoms with Crippen molar-refractivity contribution in [3.63, 3.8) is 0 Å². The Morgan fingerprint density at radius 3 is 2.71 bits per heavy atom. The number of aromatic hydroxyl groups is 1. The molecule has 1 aromatic carbocycles. The van der Waals surface area contributed by atoms with Crippen LogP contribution in [-0.2, 0) is 9.59 Å². The third-order valence-electron chi connectivity index (χ3n) is 3.90. The normalized spacial score (nSPS) is 19.6. The summed E-state index contributed by atoms with van der Waals surface area (Å²) in [7, 11) is 0. The molecule has 24 heavy (non-hydrogen) atoms. The molecule has 2 aliphatic rings. The number of amides is 3. The Bertz CT molecular complexity index is 744. The van der Waals surface area contributed by atoms with Gasteiger partial charge in [0.15, 0.2) is 0 Å². The lowest BCUT2D eigenvalue weighted by molar-refractivity contribution is -0.135. The smallest absolute Gasteiger partial charge is 0.294 e. The molecule has 0 spiro atoms. The molecule has 2 fully saturated rings. The van der Waals surface area contributed by atoms with Gasteiger partial charge in [0, 0.05) is 23.7 Å². The fraction of sp³-hybridized carbons (Fsp3) is 0.312. The number of hydrogen-bond acceptors (Lipinski definition) is 5. The summed E-state index contributed by atoms with van der Waals surface area (Å²) in [5.41, 5.74) is 0.346. The number of halogens is 1. The average molecular weight is 367 g/mol. The molecular weight excluding hydrogens is 352 g/mol. The maximum Gasteiger partial charge on any atom is 0.294 e. The van der Waals surface area contributed by atoms with Gasteiger partial charge in [0.05, 0.1) is 4.91 Å². The predicted octanol–water partition coefficient (Wildman–Crippen LogP) is 2.70. The molecular formula is C16H15ClN2O4S. The van der Waals surface area contributed by atoms with Crippen LogP contribution in [-0.4, -0.2) is 51.6 Å². The van der Waals surface area contributed by atoms with Crippen molar-refractivity contribution in [1.29, 1.82) is 0 Å². The lowest BCUT2D eigenvalue weighted by Crippen LogP contribution is -2.40. The lowest BCUT2D eigenvalue weighted by atomic mass is 10.2. The SMILES string of the molecule is O=C(CN1C(=O)S/C(=C/c2cc(Cl)ccc2O)C1=O)N1CCCC1. The van der Waals surface area contributed by atoms with E-state index >= 15 is 0 Å². The molecule has 0 unspecified atom stereocenters. The number of thioether (sulfide) groups is 1. The van der Waals surface area contributed by atoms with Crippen molar-refractivity contribution in [1.82, 2.24) is 9.80 Å². The number of phenolic OH excluding ortho intramolecular Hbond substituents is 1. The monoisotopic (exact) mass is 366 g/mol. The van der Waals surface area contributed by atoms with Gasteiger partial charge in [-0.2, -0.15) is 0 Å². The number of hydrogen-bond donors (Lipinski definition) is 1. The maximum atomic E-state index is 12.4. The van der Waals surface area contributed by atoms with Crippen LogP contribution in [0.4, 0.5) is 4.79 Å². The maximum absolute atomic E-state index is 12.4. The molecule has 0 radical (unpaired) electrons. The molecule has 1 N–H and O–H groups in total. The van der Waals surface area contributed by atoms with Crippen LogP contribution in [0.25, 0.3) is 6.08 Å². The number of carbonyl (C=O) groups is 3. The van der Waals surface area contributed by atoms with Crippen LogP contribution in [0, 0.1) is 0 Å². The number of likely N-dealkylation sites (tertiary alicyclic amines) is 1. The molecule has 126 valence electrons. The molecule has 0 bridgehead atoms. The van der Waals surface area contributed by atoms with Gasteiger partial charge in [-0.25, -0.2) is 0 Å². The molecule has 0 saturated carbocycles. The highest BCUT2D eigenvalue weighted by atomic mass is 35.5. The first kappa shape index (κ1) is 16.9. The lowest BCUT2D eigenvalue weighted by Gasteiger charge is -2.18. The second-order valence-electron chi connectivity index (χ2n) is 5.56. The molecule has 8 heteroatoms. The number of imide groups is 1. The van der Waals surface area contributed by atoms with E-state index in [2.05, 4.69) is 0 Å². The Morgan fingerprint density at radius 1 is 1.29 bits per heavy atom. The van der Waals surface area contributed by atoms with Crippen molar-refractivity contribution in [2.75, 3.05) is 19.6 Å². The molecule has 2 saturated heterocycles. The van der Waals surface area contributed by atoms with E-state index in [1.807, 2.05) is 0 Å². The van der Waals surface area contributed by atoms with E-state index in [4.69, 9.17) is 11.6 Å². The van der Waals surface area contributed by atoms with Gasteiger partial charge in [-0.15, -0.1) is 0 Å². The molecule has 2 heterocycles. The van der Waals surface area contributed by atoms with Gasteiger partial charge in [0.25, 0.3) is 11.1 Å². The Labute approximate surface area is 148 Å². The zero-order chi connectivity index (χ0) is 17.3. The Morgan fingerprint density at radius 2 is 2.00 bits per heavy atom. The van der Waals surface area contributed by atoms with Gasteiger partial charge in [-0.1, -0.05) is 11.6 Å². The van der Waals surface area contributed by atoms with Crippen LogP contribution < -0.4 is 0 Å².